The molecule has 0 aliphatic heterocycles. The zero-order valence-corrected chi connectivity index (χ0v) is 15.6. The van der Waals surface area contributed by atoms with Crippen LogP contribution in [0.15, 0.2) is 73.1 Å². The van der Waals surface area contributed by atoms with Gasteiger partial charge >= 0.3 is 0 Å². The third kappa shape index (κ3) is 4.45. The summed E-state index contributed by atoms with van der Waals surface area (Å²) < 4.78 is 27.6. The van der Waals surface area contributed by atoms with Crippen molar-refractivity contribution in [1.82, 2.24) is 9.88 Å². The van der Waals surface area contributed by atoms with E-state index < -0.39 is 35.5 Å². The van der Waals surface area contributed by atoms with Gasteiger partial charge in [0.05, 0.1) is 6.04 Å². The lowest BCUT2D eigenvalue weighted by Gasteiger charge is -2.35. The first-order valence-corrected chi connectivity index (χ1v) is 8.91. The molecule has 0 aliphatic carbocycles. The number of hydrogen-bond acceptors (Lipinski definition) is 3. The molecule has 1 aromatic heterocycles. The van der Waals surface area contributed by atoms with Crippen LogP contribution < -0.4 is 5.73 Å². The molecule has 0 aliphatic rings. The number of pyridine rings is 1. The van der Waals surface area contributed by atoms with Crippen LogP contribution in [0.25, 0.3) is 0 Å². The van der Waals surface area contributed by atoms with Gasteiger partial charge in [-0.3, -0.25) is 14.6 Å². The van der Waals surface area contributed by atoms with Crippen molar-refractivity contribution in [3.63, 3.8) is 0 Å². The van der Waals surface area contributed by atoms with Crippen LogP contribution in [0.5, 0.6) is 0 Å². The summed E-state index contributed by atoms with van der Waals surface area (Å²) in [5, 5.41) is 0. The maximum atomic E-state index is 13.8. The van der Waals surface area contributed by atoms with E-state index in [0.29, 0.717) is 5.56 Å². The number of carbonyl (C=O) groups excluding carboxylic acids is 2. The van der Waals surface area contributed by atoms with Crippen molar-refractivity contribution in [3.05, 3.63) is 101 Å². The number of carbonyl (C=O) groups is 2. The lowest BCUT2D eigenvalue weighted by Crippen LogP contribution is -2.43. The van der Waals surface area contributed by atoms with Crippen molar-refractivity contribution >= 4 is 11.8 Å². The molecule has 29 heavy (non-hydrogen) atoms. The molecule has 2 amide bonds. The van der Waals surface area contributed by atoms with Gasteiger partial charge in [-0.2, -0.15) is 0 Å². The Morgan fingerprint density at radius 2 is 1.52 bits per heavy atom. The molecule has 1 heterocycles. The Kier molecular flexibility index (Phi) is 5.97. The maximum Gasteiger partial charge on any atom is 0.255 e. The topological polar surface area (TPSA) is 76.3 Å². The minimum absolute atomic E-state index is 0.201. The second-order valence-electron chi connectivity index (χ2n) is 6.54. The van der Waals surface area contributed by atoms with Crippen molar-refractivity contribution in [1.29, 1.82) is 0 Å². The van der Waals surface area contributed by atoms with Gasteiger partial charge in [-0.25, -0.2) is 8.78 Å². The van der Waals surface area contributed by atoms with E-state index in [1.165, 1.54) is 29.4 Å². The van der Waals surface area contributed by atoms with Crippen molar-refractivity contribution in [2.24, 2.45) is 5.73 Å². The molecular formula is C22H19F2N3O2. The van der Waals surface area contributed by atoms with Crippen molar-refractivity contribution in [3.8, 4) is 0 Å². The molecule has 3 aromatic rings. The number of primary amides is 1. The fourth-order valence-electron chi connectivity index (χ4n) is 3.23. The fourth-order valence-corrected chi connectivity index (χ4v) is 3.23. The smallest absolute Gasteiger partial charge is 0.255 e. The number of rotatable bonds is 6. The molecular weight excluding hydrogens is 376 g/mol. The first-order valence-electron chi connectivity index (χ1n) is 8.91. The van der Waals surface area contributed by atoms with Crippen LogP contribution >= 0.6 is 0 Å². The number of hydrogen-bond donors (Lipinski definition) is 1. The molecule has 0 bridgehead atoms. The van der Waals surface area contributed by atoms with E-state index in [-0.39, 0.29) is 11.1 Å². The monoisotopic (exact) mass is 395 g/mol. The molecule has 3 rings (SSSR count). The molecule has 148 valence electrons. The Hall–Kier alpha value is -3.61. The van der Waals surface area contributed by atoms with E-state index in [9.17, 15) is 18.4 Å². The highest BCUT2D eigenvalue weighted by Crippen LogP contribution is 2.33. The lowest BCUT2D eigenvalue weighted by molar-refractivity contribution is -0.123. The van der Waals surface area contributed by atoms with Gasteiger partial charge in [0.15, 0.2) is 0 Å². The third-order valence-electron chi connectivity index (χ3n) is 4.61. The number of nitrogens with zero attached hydrogens (tertiary/aromatic N) is 2. The molecule has 0 fully saturated rings. The van der Waals surface area contributed by atoms with E-state index in [1.54, 1.807) is 37.3 Å². The van der Waals surface area contributed by atoms with Crippen LogP contribution in [0.4, 0.5) is 8.78 Å². The highest BCUT2D eigenvalue weighted by atomic mass is 19.1. The van der Waals surface area contributed by atoms with Crippen LogP contribution in [0.3, 0.4) is 0 Å². The SMILES string of the molecule is C[C@H](c1cc(F)cc(F)c1)N(C(=O)c1ccncc1)[C@@H](C(N)=O)c1ccccc1. The molecule has 2 atom stereocenters. The van der Waals surface area contributed by atoms with E-state index in [4.69, 9.17) is 5.73 Å². The van der Waals surface area contributed by atoms with Crippen LogP contribution in [0.2, 0.25) is 0 Å². The van der Waals surface area contributed by atoms with Crippen LogP contribution in [-0.2, 0) is 4.79 Å². The zero-order chi connectivity index (χ0) is 21.0. The normalized spacial score (nSPS) is 12.8. The van der Waals surface area contributed by atoms with Gasteiger partial charge in [-0.1, -0.05) is 30.3 Å². The molecule has 0 saturated carbocycles. The summed E-state index contributed by atoms with van der Waals surface area (Å²) in [5.74, 6) is -2.84. The largest absolute Gasteiger partial charge is 0.368 e. The third-order valence-corrected chi connectivity index (χ3v) is 4.61. The van der Waals surface area contributed by atoms with E-state index in [0.717, 1.165) is 18.2 Å². The number of halogens is 2. The second-order valence-corrected chi connectivity index (χ2v) is 6.54. The van der Waals surface area contributed by atoms with Gasteiger partial charge in [-0.15, -0.1) is 0 Å². The van der Waals surface area contributed by atoms with Crippen LogP contribution in [0.1, 0.15) is 40.5 Å². The molecule has 7 heteroatoms. The summed E-state index contributed by atoms with van der Waals surface area (Å²) in [6.07, 6.45) is 2.89. The fraction of sp³-hybridized carbons (Fsp3) is 0.136. The summed E-state index contributed by atoms with van der Waals surface area (Å²) in [6.45, 7) is 1.59. The molecule has 0 spiro atoms. The highest BCUT2D eigenvalue weighted by Gasteiger charge is 2.35. The minimum Gasteiger partial charge on any atom is -0.368 e. The number of nitrogens with two attached hydrogens (primary N) is 1. The standard InChI is InChI=1S/C22H19F2N3O2/c1-14(17-11-18(23)13-19(24)12-17)27(22(29)16-7-9-26-10-8-16)20(21(25)28)15-5-3-2-4-6-15/h2-14,20H,1H3,(H2,25,28)/t14-,20-/m1/s1. The summed E-state index contributed by atoms with van der Waals surface area (Å²) in [4.78, 5) is 30.9. The average molecular weight is 395 g/mol. The van der Waals surface area contributed by atoms with Gasteiger partial charge in [0, 0.05) is 24.0 Å². The Morgan fingerprint density at radius 1 is 0.931 bits per heavy atom. The van der Waals surface area contributed by atoms with Crippen LogP contribution in [-0.4, -0.2) is 21.7 Å². The molecule has 0 radical (unpaired) electrons. The predicted molar refractivity (Wildman–Crippen MR) is 104 cm³/mol. The average Bonchev–Trinajstić information content (AvgIpc) is 2.71. The maximum absolute atomic E-state index is 13.8. The minimum atomic E-state index is -1.14. The molecule has 0 saturated heterocycles. The van der Waals surface area contributed by atoms with Gasteiger partial charge < -0.3 is 10.6 Å². The van der Waals surface area contributed by atoms with Gasteiger partial charge in [0.25, 0.3) is 5.91 Å². The van der Waals surface area contributed by atoms with Gasteiger partial charge in [-0.05, 0) is 42.3 Å². The van der Waals surface area contributed by atoms with Crippen LogP contribution in [0, 0.1) is 11.6 Å². The Balaban J connectivity index is 2.15. The number of aromatic nitrogens is 1. The summed E-state index contributed by atoms with van der Waals surface area (Å²) in [6, 6.07) is 12.5. The highest BCUT2D eigenvalue weighted by molar-refractivity contribution is 5.97. The van der Waals surface area contributed by atoms with Crippen molar-refractivity contribution in [2.75, 3.05) is 0 Å². The van der Waals surface area contributed by atoms with Crippen molar-refractivity contribution in [2.45, 2.75) is 19.0 Å². The van der Waals surface area contributed by atoms with E-state index in [2.05, 4.69) is 4.98 Å². The quantitative estimate of drug-likeness (QED) is 0.690. The number of benzene rings is 2. The first-order chi connectivity index (χ1) is 13.9. The Bertz CT molecular complexity index is 993. The Morgan fingerprint density at radius 3 is 2.07 bits per heavy atom. The second kappa shape index (κ2) is 8.60. The van der Waals surface area contributed by atoms with E-state index >= 15 is 0 Å². The lowest BCUT2D eigenvalue weighted by atomic mass is 9.98. The van der Waals surface area contributed by atoms with Crippen molar-refractivity contribution < 1.29 is 18.4 Å². The van der Waals surface area contributed by atoms with Gasteiger partial charge in [0.1, 0.15) is 17.7 Å². The molecule has 2 N–H and O–H groups in total. The summed E-state index contributed by atoms with van der Waals surface area (Å²) in [7, 11) is 0. The molecule has 0 unspecified atom stereocenters. The first kappa shape index (κ1) is 20.1. The zero-order valence-electron chi connectivity index (χ0n) is 15.6. The predicted octanol–water partition coefficient (Wildman–Crippen LogP) is 3.79. The van der Waals surface area contributed by atoms with E-state index in [1.807, 2.05) is 0 Å². The number of amides is 2. The van der Waals surface area contributed by atoms with Gasteiger partial charge in [0.2, 0.25) is 5.91 Å². The summed E-state index contributed by atoms with van der Waals surface area (Å²) >= 11 is 0. The molecule has 2 aromatic carbocycles. The molecule has 5 nitrogen and oxygen atoms in total. The summed E-state index contributed by atoms with van der Waals surface area (Å²) in [5.41, 5.74) is 6.63. The Labute approximate surface area is 166 Å².